The molecule has 6 aromatic rings. The first-order chi connectivity index (χ1) is 34.5. The summed E-state index contributed by atoms with van der Waals surface area (Å²) in [5.41, 5.74) is 5.94. The van der Waals surface area contributed by atoms with Crippen molar-refractivity contribution in [3.05, 3.63) is 288 Å². The monoisotopic (exact) mass is 1060 g/mol. The Bertz CT molecular complexity index is 2310. The van der Waals surface area contributed by atoms with E-state index in [-0.39, 0.29) is 54.4 Å². The van der Waals surface area contributed by atoms with Gasteiger partial charge in [0, 0.05) is 54.4 Å². The number of carbonyl (C=O) groups excluding carboxylic acids is 6. The molecular weight excluding hydrogens is 1010 g/mol. The second kappa shape index (κ2) is 37.1. The van der Waals surface area contributed by atoms with Gasteiger partial charge in [-0.1, -0.05) is 182 Å². The summed E-state index contributed by atoms with van der Waals surface area (Å²) in [5.74, 6) is -6.79. The maximum absolute atomic E-state index is 10.6. The van der Waals surface area contributed by atoms with Gasteiger partial charge < -0.3 is 59.4 Å². The number of benzene rings is 6. The predicted molar refractivity (Wildman–Crippen MR) is 268 cm³/mol. The summed E-state index contributed by atoms with van der Waals surface area (Å²) in [5, 5.41) is 63.3. The van der Waals surface area contributed by atoms with Crippen molar-refractivity contribution in [1.82, 2.24) is 0 Å². The van der Waals surface area contributed by atoms with Crippen molar-refractivity contribution in [2.75, 3.05) is 0 Å². The number of carbonyl (C=O) groups is 6. The van der Waals surface area contributed by atoms with E-state index >= 15 is 0 Å². The molecule has 0 atom stereocenters. The van der Waals surface area contributed by atoms with E-state index in [4.69, 9.17) is 0 Å². The Morgan fingerprint density at radius 3 is 0.466 bits per heavy atom. The van der Waals surface area contributed by atoms with Crippen molar-refractivity contribution >= 4 is 35.8 Å². The summed E-state index contributed by atoms with van der Waals surface area (Å²) in [4.78, 5) is 63.3. The molecule has 0 saturated heterocycles. The van der Waals surface area contributed by atoms with E-state index in [1.807, 2.05) is 0 Å². The summed E-state index contributed by atoms with van der Waals surface area (Å²) in [6.07, 6.45) is 13.4. The van der Waals surface area contributed by atoms with Crippen LogP contribution in [-0.2, 0) is 59.6 Å². The van der Waals surface area contributed by atoms with Gasteiger partial charge in [-0.15, -0.1) is 39.5 Å². The van der Waals surface area contributed by atoms with Crippen LogP contribution >= 0.6 is 0 Å². The molecule has 6 aromatic carbocycles. The first-order valence-corrected chi connectivity index (χ1v) is 21.9. The van der Waals surface area contributed by atoms with Gasteiger partial charge in [0.1, 0.15) is 0 Å². The van der Waals surface area contributed by atoms with E-state index < -0.39 is 35.8 Å². The van der Waals surface area contributed by atoms with Crippen LogP contribution in [0.4, 0.5) is 0 Å². The van der Waals surface area contributed by atoms with Crippen molar-refractivity contribution in [3.63, 3.8) is 0 Å². The maximum Gasteiger partial charge on any atom is 0.0718 e. The van der Waals surface area contributed by atoms with Crippen molar-refractivity contribution in [1.29, 1.82) is 0 Å². The Balaban J connectivity index is 0.000000850. The van der Waals surface area contributed by atoms with Crippen molar-refractivity contribution in [2.24, 2.45) is 0 Å². The van der Waals surface area contributed by atoms with E-state index in [1.54, 1.807) is 146 Å². The minimum Gasteiger partial charge on any atom is -0.545 e. The summed E-state index contributed by atoms with van der Waals surface area (Å²) in [7, 11) is 0. The first kappa shape index (κ1) is 64.3. The minimum absolute atomic E-state index is 0. The zero-order chi connectivity index (χ0) is 53.8. The Labute approximate surface area is 440 Å². The van der Waals surface area contributed by atoms with E-state index in [9.17, 15) is 59.4 Å². The molecule has 378 valence electrons. The van der Waals surface area contributed by atoms with Gasteiger partial charge in [-0.3, -0.25) is 0 Å². The number of hydrogen-bond acceptors (Lipinski definition) is 12. The molecule has 6 rings (SSSR count). The van der Waals surface area contributed by atoms with E-state index in [1.165, 1.54) is 36.4 Å². The van der Waals surface area contributed by atoms with Gasteiger partial charge in [-0.25, -0.2) is 0 Å². The fourth-order valence-corrected chi connectivity index (χ4v) is 6.32. The molecule has 12 nitrogen and oxygen atoms in total. The predicted octanol–water partition coefficient (Wildman–Crippen LogP) is 4.67. The van der Waals surface area contributed by atoms with Gasteiger partial charge in [0.2, 0.25) is 0 Å². The van der Waals surface area contributed by atoms with Crippen molar-refractivity contribution in [3.8, 4) is 0 Å². The van der Waals surface area contributed by atoms with Crippen LogP contribution in [0.5, 0.6) is 0 Å². The average Bonchev–Trinajstić information content (AvgIpc) is 3.36. The average molecular weight is 1060 g/mol. The molecule has 0 aliphatic rings. The number of carboxylic acids is 6. The summed E-state index contributed by atoms with van der Waals surface area (Å²) >= 11 is 0. The van der Waals surface area contributed by atoms with E-state index in [0.717, 1.165) is 33.4 Å². The minimum atomic E-state index is -1.13. The topological polar surface area (TPSA) is 241 Å². The Kier molecular flexibility index (Phi) is 32.7. The van der Waals surface area contributed by atoms with E-state index in [0.29, 0.717) is 38.5 Å². The molecule has 13 heteroatoms. The fourth-order valence-electron chi connectivity index (χ4n) is 6.32. The van der Waals surface area contributed by atoms with Crippen LogP contribution in [0.1, 0.15) is 95.5 Å². The molecule has 0 radical (unpaired) electrons. The van der Waals surface area contributed by atoms with Gasteiger partial charge in [0.25, 0.3) is 0 Å². The SMILES string of the molecule is C=CCc1ccccc1C(=O)[O-].C=CCc1ccccc1C(=O)[O-].C=CCc1ccccc1C(=O)[O-].C=CCc1ccccc1C(=O)[O-].C=CCc1ccccc1C(=O)[O-].C=CCc1ccccc1C(=O)[O-].[Mo]. The third-order valence-electron chi connectivity index (χ3n) is 9.61. The van der Waals surface area contributed by atoms with Crippen molar-refractivity contribution < 1.29 is 80.5 Å². The van der Waals surface area contributed by atoms with Crippen LogP contribution < -0.4 is 30.6 Å². The number of allylic oxidation sites excluding steroid dienone is 6. The third kappa shape index (κ3) is 24.1. The molecule has 0 aromatic heterocycles. The third-order valence-corrected chi connectivity index (χ3v) is 9.61. The maximum atomic E-state index is 10.6. The molecular formula is C60H54MoO12-6. The molecule has 0 amide bonds. The molecule has 0 fully saturated rings. The molecule has 0 aliphatic heterocycles. The molecule has 0 unspecified atom stereocenters. The van der Waals surface area contributed by atoms with Crippen molar-refractivity contribution in [2.45, 2.75) is 38.5 Å². The molecule has 0 aliphatic carbocycles. The second-order valence-corrected chi connectivity index (χ2v) is 14.6. The standard InChI is InChI=1S/6C10H10O2.Mo/c6*1-2-5-8-6-3-4-7-9(8)10(11)12;/h6*2-4,6-7H,1,5H2,(H,11,12);/p-6. The number of carboxylic acid groups (broad SMARTS) is 6. The Morgan fingerprint density at radius 1 is 0.260 bits per heavy atom. The van der Waals surface area contributed by atoms with Gasteiger partial charge in [0.15, 0.2) is 0 Å². The Hall–Kier alpha value is -8.73. The Morgan fingerprint density at radius 2 is 0.370 bits per heavy atom. The van der Waals surface area contributed by atoms with E-state index in [2.05, 4.69) is 39.5 Å². The summed E-state index contributed by atoms with van der Waals surface area (Å²) in [6, 6.07) is 40.6. The van der Waals surface area contributed by atoms with Crippen LogP contribution in [0, 0.1) is 0 Å². The largest absolute Gasteiger partial charge is 0.545 e. The van der Waals surface area contributed by atoms with Gasteiger partial charge in [0.05, 0.1) is 35.8 Å². The number of aromatic carboxylic acids is 6. The molecule has 0 saturated carbocycles. The van der Waals surface area contributed by atoms with Gasteiger partial charge in [-0.05, 0) is 71.9 Å². The molecule has 0 heterocycles. The second-order valence-electron chi connectivity index (χ2n) is 14.6. The van der Waals surface area contributed by atoms with Crippen LogP contribution in [0.2, 0.25) is 0 Å². The van der Waals surface area contributed by atoms with Crippen LogP contribution in [0.25, 0.3) is 0 Å². The number of rotatable bonds is 18. The zero-order valence-corrected chi connectivity index (χ0v) is 42.1. The molecule has 0 bridgehead atoms. The quantitative estimate of drug-likeness (QED) is 0.0843. The fraction of sp³-hybridized carbons (Fsp3) is 0.100. The van der Waals surface area contributed by atoms with Crippen LogP contribution in [0.3, 0.4) is 0 Å². The van der Waals surface area contributed by atoms with Crippen LogP contribution in [-0.4, -0.2) is 35.8 Å². The molecule has 0 N–H and O–H groups in total. The van der Waals surface area contributed by atoms with Crippen LogP contribution in [0.15, 0.2) is 222 Å². The number of hydrogen-bond donors (Lipinski definition) is 0. The zero-order valence-electron chi connectivity index (χ0n) is 40.1. The van der Waals surface area contributed by atoms with Gasteiger partial charge >= 0.3 is 0 Å². The molecule has 73 heavy (non-hydrogen) atoms. The molecule has 0 spiro atoms. The van der Waals surface area contributed by atoms with Gasteiger partial charge in [-0.2, -0.15) is 0 Å². The smallest absolute Gasteiger partial charge is 0.0718 e. The first-order valence-electron chi connectivity index (χ1n) is 21.9. The summed E-state index contributed by atoms with van der Waals surface area (Å²) < 4.78 is 0. The normalized spacial score (nSPS) is 9.21. The summed E-state index contributed by atoms with van der Waals surface area (Å²) in [6.45, 7) is 21.3.